The number of sulfonamides is 1. The maximum atomic E-state index is 12.5. The second-order valence-electron chi connectivity index (χ2n) is 5.35. The zero-order valence-corrected chi connectivity index (χ0v) is 11.5. The molecule has 2 atom stereocenters. The van der Waals surface area contributed by atoms with E-state index in [9.17, 15) is 18.5 Å². The van der Waals surface area contributed by atoms with Gasteiger partial charge in [-0.25, -0.2) is 13.1 Å². The van der Waals surface area contributed by atoms with E-state index in [0.29, 0.717) is 6.54 Å². The van der Waals surface area contributed by atoms with Crippen LogP contribution in [0.15, 0.2) is 29.2 Å². The lowest BCUT2D eigenvalue weighted by molar-refractivity contribution is -0.387. The van der Waals surface area contributed by atoms with Crippen LogP contribution in [0.2, 0.25) is 0 Å². The number of nitro benzene ring substituents is 1. The van der Waals surface area contributed by atoms with Crippen molar-refractivity contribution in [3.8, 4) is 0 Å². The second-order valence-corrected chi connectivity index (χ2v) is 7.00. The van der Waals surface area contributed by atoms with Crippen molar-refractivity contribution < 1.29 is 13.3 Å². The van der Waals surface area contributed by atoms with Crippen LogP contribution >= 0.6 is 0 Å². The third-order valence-electron chi connectivity index (χ3n) is 4.24. The van der Waals surface area contributed by atoms with Gasteiger partial charge in [-0.1, -0.05) is 12.1 Å². The molecule has 1 saturated carbocycles. The van der Waals surface area contributed by atoms with Crippen molar-refractivity contribution in [1.82, 2.24) is 10.0 Å². The summed E-state index contributed by atoms with van der Waals surface area (Å²) in [6, 6.07) is 5.42. The Kier molecular flexibility index (Phi) is 3.03. The number of nitro groups is 1. The number of nitrogens with zero attached hydrogens (tertiary/aromatic N) is 1. The standard InChI is InChI=1S/C12H15N3O4S/c16-15(17)10-3-1-2-4-11(10)20(18,19)14-12-6-5-9(12)7-13-8-12/h1-4,9,13-14H,5-8H2. The Bertz CT molecular complexity index is 660. The monoisotopic (exact) mass is 297 g/mol. The smallest absolute Gasteiger partial charge is 0.289 e. The molecular weight excluding hydrogens is 282 g/mol. The maximum Gasteiger partial charge on any atom is 0.289 e. The molecule has 1 aliphatic carbocycles. The molecule has 0 amide bonds. The van der Waals surface area contributed by atoms with Gasteiger partial charge in [-0.2, -0.15) is 0 Å². The fourth-order valence-corrected chi connectivity index (χ4v) is 4.69. The summed E-state index contributed by atoms with van der Waals surface area (Å²) in [6.07, 6.45) is 1.75. The first-order valence-electron chi connectivity index (χ1n) is 6.43. The van der Waals surface area contributed by atoms with Crippen molar-refractivity contribution in [3.63, 3.8) is 0 Å². The SMILES string of the molecule is O=[N+]([O-])c1ccccc1S(=O)(=O)NC12CCC1CNC2. The van der Waals surface area contributed by atoms with E-state index in [0.717, 1.165) is 19.4 Å². The van der Waals surface area contributed by atoms with Gasteiger partial charge in [0.15, 0.2) is 4.90 Å². The summed E-state index contributed by atoms with van der Waals surface area (Å²) in [7, 11) is -3.89. The molecule has 2 unspecified atom stereocenters. The molecule has 7 nitrogen and oxygen atoms in total. The van der Waals surface area contributed by atoms with E-state index in [1.54, 1.807) is 0 Å². The molecule has 1 saturated heterocycles. The molecule has 1 heterocycles. The molecule has 8 heteroatoms. The van der Waals surface area contributed by atoms with Gasteiger partial charge in [-0.05, 0) is 31.4 Å². The van der Waals surface area contributed by atoms with Crippen molar-refractivity contribution in [3.05, 3.63) is 34.4 Å². The highest BCUT2D eigenvalue weighted by Crippen LogP contribution is 2.42. The summed E-state index contributed by atoms with van der Waals surface area (Å²) in [6.45, 7) is 1.37. The zero-order chi connectivity index (χ0) is 14.4. The lowest BCUT2D eigenvalue weighted by atomic mass is 9.70. The summed E-state index contributed by atoms with van der Waals surface area (Å²) >= 11 is 0. The molecule has 1 aromatic rings. The number of nitrogens with one attached hydrogen (secondary N) is 2. The number of benzene rings is 1. The molecule has 2 fully saturated rings. The Morgan fingerprint density at radius 3 is 2.75 bits per heavy atom. The van der Waals surface area contributed by atoms with E-state index < -0.39 is 26.2 Å². The Morgan fingerprint density at radius 2 is 2.15 bits per heavy atom. The normalized spacial score (nSPS) is 28.7. The van der Waals surface area contributed by atoms with Crippen LogP contribution in [0.4, 0.5) is 5.69 Å². The average Bonchev–Trinajstić information content (AvgIpc) is 2.66. The Hall–Kier alpha value is -1.51. The van der Waals surface area contributed by atoms with E-state index in [1.165, 1.54) is 24.3 Å². The van der Waals surface area contributed by atoms with E-state index >= 15 is 0 Å². The highest BCUT2D eigenvalue weighted by Gasteiger charge is 2.52. The van der Waals surface area contributed by atoms with Crippen LogP contribution in [-0.4, -0.2) is 32.0 Å². The van der Waals surface area contributed by atoms with E-state index in [1.807, 2.05) is 0 Å². The van der Waals surface area contributed by atoms with Crippen LogP contribution < -0.4 is 10.0 Å². The Morgan fingerprint density at radius 1 is 1.40 bits per heavy atom. The topological polar surface area (TPSA) is 101 Å². The molecule has 2 N–H and O–H groups in total. The third-order valence-corrected chi connectivity index (χ3v) is 5.84. The Balaban J connectivity index is 1.95. The van der Waals surface area contributed by atoms with E-state index in [-0.39, 0.29) is 10.8 Å². The summed E-state index contributed by atoms with van der Waals surface area (Å²) in [5.41, 5.74) is -0.860. The molecule has 0 aromatic heterocycles. The van der Waals surface area contributed by atoms with Crippen LogP contribution in [0.25, 0.3) is 0 Å². The fraction of sp³-hybridized carbons (Fsp3) is 0.500. The van der Waals surface area contributed by atoms with Gasteiger partial charge in [0, 0.05) is 18.2 Å². The lowest BCUT2D eigenvalue weighted by Gasteiger charge is -2.44. The van der Waals surface area contributed by atoms with Gasteiger partial charge in [0.25, 0.3) is 5.69 Å². The second kappa shape index (κ2) is 4.51. The number of para-hydroxylation sites is 1. The predicted molar refractivity (Wildman–Crippen MR) is 71.7 cm³/mol. The van der Waals surface area contributed by atoms with Crippen LogP contribution in [0, 0.1) is 16.0 Å². The number of rotatable bonds is 4. The van der Waals surface area contributed by atoms with Gasteiger partial charge >= 0.3 is 0 Å². The van der Waals surface area contributed by atoms with E-state index in [4.69, 9.17) is 0 Å². The van der Waals surface area contributed by atoms with Crippen LogP contribution in [0.3, 0.4) is 0 Å². The number of hydrogen-bond acceptors (Lipinski definition) is 5. The first-order chi connectivity index (χ1) is 9.45. The van der Waals surface area contributed by atoms with Gasteiger partial charge in [0.1, 0.15) is 0 Å². The van der Waals surface area contributed by atoms with Gasteiger partial charge in [-0.3, -0.25) is 10.1 Å². The maximum absolute atomic E-state index is 12.5. The minimum Gasteiger partial charge on any atom is -0.315 e. The number of hydrogen-bond donors (Lipinski definition) is 2. The molecule has 3 rings (SSSR count). The molecule has 1 aromatic carbocycles. The van der Waals surface area contributed by atoms with Crippen molar-refractivity contribution in [1.29, 1.82) is 0 Å². The molecule has 108 valence electrons. The van der Waals surface area contributed by atoms with Gasteiger partial charge in [-0.15, -0.1) is 0 Å². The van der Waals surface area contributed by atoms with Crippen molar-refractivity contribution in [2.24, 2.45) is 5.92 Å². The van der Waals surface area contributed by atoms with Gasteiger partial charge in [0.05, 0.1) is 4.92 Å². The highest BCUT2D eigenvalue weighted by molar-refractivity contribution is 7.89. The zero-order valence-electron chi connectivity index (χ0n) is 10.7. The van der Waals surface area contributed by atoms with Gasteiger partial charge < -0.3 is 5.32 Å². The number of fused-ring (bicyclic) bond motifs is 1. The minimum absolute atomic E-state index is 0.267. The molecule has 0 radical (unpaired) electrons. The van der Waals surface area contributed by atoms with Crippen LogP contribution in [-0.2, 0) is 10.0 Å². The summed E-state index contributed by atoms with van der Waals surface area (Å²) < 4.78 is 27.6. The van der Waals surface area contributed by atoms with Crippen molar-refractivity contribution in [2.45, 2.75) is 23.3 Å². The molecule has 2 aliphatic rings. The largest absolute Gasteiger partial charge is 0.315 e. The predicted octanol–water partition coefficient (Wildman–Crippen LogP) is 0.625. The molecule has 0 spiro atoms. The molecular formula is C12H15N3O4S. The Labute approximate surface area is 116 Å². The summed E-state index contributed by atoms with van der Waals surface area (Å²) in [5.74, 6) is 0.278. The fourth-order valence-electron chi connectivity index (χ4n) is 3.02. The third kappa shape index (κ3) is 2.00. The summed E-state index contributed by atoms with van der Waals surface area (Å²) in [5, 5.41) is 14.1. The molecule has 1 aliphatic heterocycles. The van der Waals surface area contributed by atoms with Gasteiger partial charge in [0.2, 0.25) is 10.0 Å². The highest BCUT2D eigenvalue weighted by atomic mass is 32.2. The van der Waals surface area contributed by atoms with Crippen LogP contribution in [0.1, 0.15) is 12.8 Å². The molecule has 20 heavy (non-hydrogen) atoms. The first kappa shape index (κ1) is 13.5. The van der Waals surface area contributed by atoms with Crippen molar-refractivity contribution in [2.75, 3.05) is 13.1 Å². The van der Waals surface area contributed by atoms with Crippen molar-refractivity contribution >= 4 is 15.7 Å². The van der Waals surface area contributed by atoms with E-state index in [2.05, 4.69) is 10.0 Å². The minimum atomic E-state index is -3.89. The quantitative estimate of drug-likeness (QED) is 0.627. The first-order valence-corrected chi connectivity index (χ1v) is 7.91. The lowest BCUT2D eigenvalue weighted by Crippen LogP contribution is -2.59. The van der Waals surface area contributed by atoms with Crippen LogP contribution in [0.5, 0.6) is 0 Å². The molecule has 0 bridgehead atoms. The average molecular weight is 297 g/mol. The summed E-state index contributed by atoms with van der Waals surface area (Å²) in [4.78, 5) is 10.0.